The number of rotatable bonds is 7. The first-order valence-electron chi connectivity index (χ1n) is 4.62. The van der Waals surface area contributed by atoms with Crippen LogP contribution < -0.4 is 0 Å². The Kier molecular flexibility index (Phi) is 6.40. The molecule has 0 aromatic heterocycles. The van der Waals surface area contributed by atoms with E-state index in [1.807, 2.05) is 0 Å². The predicted octanol–water partition coefficient (Wildman–Crippen LogP) is 1.34. The lowest BCUT2D eigenvalue weighted by atomic mass is 10.7. The Balaban J connectivity index is 4.69. The minimum Gasteiger partial charge on any atom is -0.460 e. The zero-order chi connectivity index (χ0) is 11.9. The van der Waals surface area contributed by atoms with Crippen LogP contribution in [0.15, 0.2) is 0 Å². The Hall–Kier alpha value is -0.710. The van der Waals surface area contributed by atoms with E-state index in [9.17, 15) is 14.2 Å². The lowest BCUT2D eigenvalue weighted by molar-refractivity contribution is -0.150. The molecule has 0 aromatic rings. The van der Waals surface area contributed by atoms with Crippen molar-refractivity contribution >= 4 is 19.1 Å². The molecule has 0 saturated heterocycles. The van der Waals surface area contributed by atoms with E-state index in [1.54, 1.807) is 13.8 Å². The molecular weight excluding hydrogens is 223 g/mol. The van der Waals surface area contributed by atoms with E-state index in [0.717, 1.165) is 0 Å². The summed E-state index contributed by atoms with van der Waals surface area (Å²) >= 11 is 0. The Morgan fingerprint density at radius 2 is 1.47 bits per heavy atom. The molecule has 0 bridgehead atoms. The molecule has 0 aromatic carbocycles. The van der Waals surface area contributed by atoms with E-state index >= 15 is 0 Å². The molecule has 0 aliphatic heterocycles. The van der Waals surface area contributed by atoms with Crippen LogP contribution in [0, 0.1) is 0 Å². The van der Waals surface area contributed by atoms with Crippen molar-refractivity contribution in [3.05, 3.63) is 0 Å². The second-order valence-electron chi connectivity index (χ2n) is 2.36. The van der Waals surface area contributed by atoms with Crippen molar-refractivity contribution in [2.45, 2.75) is 20.8 Å². The summed E-state index contributed by atoms with van der Waals surface area (Å²) in [5.41, 5.74) is -1.26. The van der Waals surface area contributed by atoms with E-state index in [-0.39, 0.29) is 19.8 Å². The summed E-state index contributed by atoms with van der Waals surface area (Å²) in [4.78, 5) is 22.4. The van der Waals surface area contributed by atoms with Gasteiger partial charge in [-0.15, -0.1) is 0 Å². The van der Waals surface area contributed by atoms with Crippen LogP contribution in [-0.4, -0.2) is 31.3 Å². The van der Waals surface area contributed by atoms with Crippen LogP contribution in [-0.2, 0) is 27.9 Å². The van der Waals surface area contributed by atoms with Gasteiger partial charge in [-0.25, -0.2) is 4.79 Å². The predicted molar refractivity (Wildman–Crippen MR) is 52.5 cm³/mol. The smallest absolute Gasteiger partial charge is 0.408 e. The number of hydrogen-bond acceptors (Lipinski definition) is 6. The zero-order valence-corrected chi connectivity index (χ0v) is 9.91. The molecule has 0 amide bonds. The lowest BCUT2D eigenvalue weighted by Gasteiger charge is -2.13. The van der Waals surface area contributed by atoms with Gasteiger partial charge in [-0.3, -0.25) is 9.36 Å². The number of carbonyl (C=O) groups excluding carboxylic acids is 2. The average Bonchev–Trinajstić information content (AvgIpc) is 2.17. The van der Waals surface area contributed by atoms with E-state index in [1.165, 1.54) is 6.92 Å². The van der Waals surface area contributed by atoms with Crippen molar-refractivity contribution in [3.8, 4) is 0 Å². The van der Waals surface area contributed by atoms with E-state index in [4.69, 9.17) is 0 Å². The van der Waals surface area contributed by atoms with Crippen LogP contribution in [0.2, 0.25) is 0 Å². The van der Waals surface area contributed by atoms with Gasteiger partial charge < -0.3 is 13.8 Å². The first-order valence-corrected chi connectivity index (χ1v) is 6.16. The summed E-state index contributed by atoms with van der Waals surface area (Å²) in [7, 11) is -4.01. The number of ether oxygens (including phenoxy) is 1. The molecule has 0 unspecified atom stereocenters. The Morgan fingerprint density at radius 1 is 1.00 bits per heavy atom. The van der Waals surface area contributed by atoms with E-state index in [2.05, 4.69) is 13.8 Å². The van der Waals surface area contributed by atoms with Gasteiger partial charge in [-0.05, 0) is 20.8 Å². The van der Waals surface area contributed by atoms with Gasteiger partial charge in [0.25, 0.3) is 0 Å². The van der Waals surface area contributed by atoms with Gasteiger partial charge in [0.15, 0.2) is 0 Å². The molecule has 0 rings (SSSR count). The molecule has 6 nitrogen and oxygen atoms in total. The fourth-order valence-electron chi connectivity index (χ4n) is 0.799. The number of esters is 1. The van der Waals surface area contributed by atoms with Crippen LogP contribution >= 0.6 is 7.60 Å². The third-order valence-corrected chi connectivity index (χ3v) is 3.17. The Labute approximate surface area is 88.4 Å². The molecule has 0 spiro atoms. The topological polar surface area (TPSA) is 78.9 Å². The van der Waals surface area contributed by atoms with E-state index in [0.29, 0.717) is 0 Å². The van der Waals surface area contributed by atoms with Crippen molar-refractivity contribution in [3.63, 3.8) is 0 Å². The van der Waals surface area contributed by atoms with Crippen molar-refractivity contribution in [1.29, 1.82) is 0 Å². The second kappa shape index (κ2) is 6.71. The molecule has 0 fully saturated rings. The van der Waals surface area contributed by atoms with Crippen LogP contribution in [0.4, 0.5) is 0 Å². The molecule has 88 valence electrons. The third-order valence-electron chi connectivity index (χ3n) is 1.30. The summed E-state index contributed by atoms with van der Waals surface area (Å²) in [6.07, 6.45) is 0. The molecule has 0 aliphatic carbocycles. The fourth-order valence-corrected chi connectivity index (χ4v) is 2.08. The van der Waals surface area contributed by atoms with Crippen LogP contribution in [0.5, 0.6) is 0 Å². The van der Waals surface area contributed by atoms with Gasteiger partial charge >= 0.3 is 19.1 Å². The highest BCUT2D eigenvalue weighted by Gasteiger charge is 2.40. The van der Waals surface area contributed by atoms with E-state index < -0.39 is 19.1 Å². The minimum atomic E-state index is -4.01. The van der Waals surface area contributed by atoms with Gasteiger partial charge in [-0.2, -0.15) is 0 Å². The van der Waals surface area contributed by atoms with Gasteiger partial charge in [0, 0.05) is 0 Å². The van der Waals surface area contributed by atoms with Gasteiger partial charge in [-0.1, -0.05) is 0 Å². The normalized spacial score (nSPS) is 11.1. The van der Waals surface area contributed by atoms with Crippen LogP contribution in [0.1, 0.15) is 20.8 Å². The van der Waals surface area contributed by atoms with Gasteiger partial charge in [0.2, 0.25) is 0 Å². The SMILES string of the molecule is CCOC(=O)C(=O)P(=O)(OCC)OCC. The average molecular weight is 238 g/mol. The zero-order valence-electron chi connectivity index (χ0n) is 9.02. The standard InChI is InChI=1S/C8H15O6P/c1-4-12-7(9)8(10)15(11,13-5-2)14-6-3/h4-6H2,1-3H3. The maximum atomic E-state index is 11.7. The van der Waals surface area contributed by atoms with Crippen molar-refractivity contribution in [1.82, 2.24) is 0 Å². The van der Waals surface area contributed by atoms with Gasteiger partial charge in [0.1, 0.15) is 0 Å². The molecule has 0 N–H and O–H groups in total. The maximum Gasteiger partial charge on any atom is 0.408 e. The lowest BCUT2D eigenvalue weighted by Crippen LogP contribution is -2.20. The first-order chi connectivity index (χ1) is 7.01. The first kappa shape index (κ1) is 14.3. The maximum absolute atomic E-state index is 11.7. The molecule has 0 heterocycles. The highest BCUT2D eigenvalue weighted by molar-refractivity contribution is 7.74. The summed E-state index contributed by atoms with van der Waals surface area (Å²) in [6, 6.07) is 0. The third kappa shape index (κ3) is 4.11. The molecule has 0 atom stereocenters. The van der Waals surface area contributed by atoms with Crippen molar-refractivity contribution < 1.29 is 27.9 Å². The van der Waals surface area contributed by atoms with Crippen LogP contribution in [0.25, 0.3) is 0 Å². The quantitative estimate of drug-likeness (QED) is 0.378. The highest BCUT2D eigenvalue weighted by Crippen LogP contribution is 2.49. The summed E-state index contributed by atoms with van der Waals surface area (Å²) in [5, 5.41) is 0. The minimum absolute atomic E-state index is 0.0163. The van der Waals surface area contributed by atoms with Crippen LogP contribution in [0.3, 0.4) is 0 Å². The number of carbonyl (C=O) groups is 2. The van der Waals surface area contributed by atoms with Gasteiger partial charge in [0.05, 0.1) is 19.8 Å². The summed E-state index contributed by atoms with van der Waals surface area (Å²) < 4.78 is 25.5. The molecule has 0 aliphatic rings. The largest absolute Gasteiger partial charge is 0.460 e. The Morgan fingerprint density at radius 3 is 1.80 bits per heavy atom. The van der Waals surface area contributed by atoms with Crippen molar-refractivity contribution in [2.24, 2.45) is 0 Å². The summed E-state index contributed by atoms with van der Waals surface area (Å²) in [5.74, 6) is -1.19. The highest BCUT2D eigenvalue weighted by atomic mass is 31.2. The molecule has 15 heavy (non-hydrogen) atoms. The Bertz CT molecular complexity index is 264. The molecule has 0 radical (unpaired) electrons. The monoisotopic (exact) mass is 238 g/mol. The molecular formula is C8H15O6P. The van der Waals surface area contributed by atoms with Crippen molar-refractivity contribution in [2.75, 3.05) is 19.8 Å². The number of hydrogen-bond donors (Lipinski definition) is 0. The summed E-state index contributed by atoms with van der Waals surface area (Å²) in [6.45, 7) is 4.69. The molecule has 7 heteroatoms. The second-order valence-corrected chi connectivity index (χ2v) is 4.28. The fraction of sp³-hybridized carbons (Fsp3) is 0.750. The molecule has 0 saturated carbocycles.